The van der Waals surface area contributed by atoms with E-state index < -0.39 is 8.96 Å². The van der Waals surface area contributed by atoms with E-state index in [1.165, 1.54) is 27.8 Å². The standard InChI is InChI=1S/C27H40NSi.2ClH.Zr/c1-25(2,3)19-11-12-20-18(15-19)16-22-21(20)13-14-24(26(4,5)6)23(22)17-27(7,8)28-29(9)10;;;/h11-15,29H,16-17H2,1-10H3;2*1H;/q-1;;;+3/p-2. The molecule has 0 N–H and O–H groups in total. The molecule has 0 fully saturated rings. The van der Waals surface area contributed by atoms with Gasteiger partial charge < -0.3 is 29.8 Å². The van der Waals surface area contributed by atoms with Crippen LogP contribution < -0.4 is 24.8 Å². The van der Waals surface area contributed by atoms with Crippen LogP contribution in [0.1, 0.15) is 83.2 Å². The molecule has 0 bridgehead atoms. The van der Waals surface area contributed by atoms with Crippen molar-refractivity contribution in [1.82, 2.24) is 0 Å². The second-order valence-corrected chi connectivity index (χ2v) is 14.3. The minimum atomic E-state index is -0.976. The zero-order valence-electron chi connectivity index (χ0n) is 21.6. The fraction of sp³-hybridized carbons (Fsp3) is 0.556. The van der Waals surface area contributed by atoms with Crippen LogP contribution in [-0.4, -0.2) is 14.5 Å². The van der Waals surface area contributed by atoms with Crippen molar-refractivity contribution in [2.45, 2.75) is 97.7 Å². The first-order valence-electron chi connectivity index (χ1n) is 11.2. The van der Waals surface area contributed by atoms with Gasteiger partial charge in [0.25, 0.3) is 0 Å². The van der Waals surface area contributed by atoms with E-state index in [0.29, 0.717) is 0 Å². The third-order valence-corrected chi connectivity index (χ3v) is 7.30. The summed E-state index contributed by atoms with van der Waals surface area (Å²) in [4.78, 5) is 5.19. The third kappa shape index (κ3) is 7.05. The van der Waals surface area contributed by atoms with Gasteiger partial charge >= 0.3 is 26.2 Å². The molecule has 0 saturated heterocycles. The van der Waals surface area contributed by atoms with E-state index in [0.717, 1.165) is 12.8 Å². The van der Waals surface area contributed by atoms with Gasteiger partial charge in [-0.15, -0.1) is 5.54 Å². The summed E-state index contributed by atoms with van der Waals surface area (Å²) in [5.74, 6) is 0. The van der Waals surface area contributed by atoms with E-state index in [2.05, 4.69) is 98.8 Å². The second-order valence-electron chi connectivity index (χ2n) is 11.9. The molecule has 0 atom stereocenters. The van der Waals surface area contributed by atoms with E-state index in [1.807, 2.05) is 0 Å². The number of hydrogen-bond donors (Lipinski definition) is 0. The number of nitrogens with zero attached hydrogens (tertiary/aromatic N) is 1. The van der Waals surface area contributed by atoms with Crippen molar-refractivity contribution in [3.8, 4) is 11.1 Å². The molecule has 1 aliphatic carbocycles. The SMILES string of the molecule is C[SiH](C)[N-]C(C)(C)Cc1c(C(C)(C)C)ccc2c1Cc1cc(C(C)(C)C)ccc1-2.[Cl-].[Cl-].[Zr+3]. The van der Waals surface area contributed by atoms with E-state index in [4.69, 9.17) is 4.98 Å². The fourth-order valence-electron chi connectivity index (χ4n) is 4.89. The molecule has 0 aliphatic heterocycles. The molecule has 1 aliphatic rings. The average molecular weight is 569 g/mol. The smallest absolute Gasteiger partial charge is 1.00 e. The molecule has 32 heavy (non-hydrogen) atoms. The van der Waals surface area contributed by atoms with Crippen LogP contribution in [0.25, 0.3) is 16.1 Å². The van der Waals surface area contributed by atoms with E-state index >= 15 is 0 Å². The van der Waals surface area contributed by atoms with Crippen LogP contribution in [0.3, 0.4) is 0 Å². The number of halogens is 2. The van der Waals surface area contributed by atoms with Gasteiger partial charge in [0.2, 0.25) is 0 Å². The second kappa shape index (κ2) is 11.2. The maximum absolute atomic E-state index is 5.19. The van der Waals surface area contributed by atoms with Crippen molar-refractivity contribution >= 4 is 8.96 Å². The Morgan fingerprint density at radius 1 is 0.812 bits per heavy atom. The summed E-state index contributed by atoms with van der Waals surface area (Å²) >= 11 is 0. The molecular formula is C27H40Cl2NSiZr. The van der Waals surface area contributed by atoms with Crippen LogP contribution in [0.15, 0.2) is 30.3 Å². The fourth-order valence-corrected chi connectivity index (χ4v) is 6.38. The molecule has 5 heteroatoms. The van der Waals surface area contributed by atoms with Crippen molar-refractivity contribution in [3.05, 3.63) is 63.1 Å². The van der Waals surface area contributed by atoms with Gasteiger partial charge in [-0.1, -0.05) is 108 Å². The molecule has 2 aromatic rings. The summed E-state index contributed by atoms with van der Waals surface area (Å²) in [6.45, 7) is 23.3. The number of benzene rings is 2. The topological polar surface area (TPSA) is 14.1 Å². The van der Waals surface area contributed by atoms with Gasteiger partial charge in [-0.3, -0.25) is 0 Å². The Hall–Kier alpha value is 0.0800. The summed E-state index contributed by atoms with van der Waals surface area (Å²) in [7, 11) is -0.976. The first-order chi connectivity index (χ1) is 13.2. The van der Waals surface area contributed by atoms with Gasteiger partial charge in [0.05, 0.1) is 0 Å². The molecule has 3 rings (SSSR count). The monoisotopic (exact) mass is 566 g/mol. The van der Waals surface area contributed by atoms with Crippen LogP contribution in [0.2, 0.25) is 13.1 Å². The zero-order valence-corrected chi connectivity index (χ0v) is 26.7. The maximum atomic E-state index is 5.19. The Balaban J connectivity index is 0.00000320. The molecule has 1 nitrogen and oxygen atoms in total. The molecule has 0 saturated carbocycles. The van der Waals surface area contributed by atoms with Gasteiger partial charge in [-0.2, -0.15) is 0 Å². The third-order valence-electron chi connectivity index (χ3n) is 6.08. The Bertz CT molecular complexity index is 924. The summed E-state index contributed by atoms with van der Waals surface area (Å²) < 4.78 is 0. The minimum Gasteiger partial charge on any atom is -1.00 e. The van der Waals surface area contributed by atoms with Crippen LogP contribution in [0, 0.1) is 0 Å². The van der Waals surface area contributed by atoms with Crippen LogP contribution in [0.5, 0.6) is 0 Å². The Morgan fingerprint density at radius 3 is 1.88 bits per heavy atom. The summed E-state index contributed by atoms with van der Waals surface area (Å²) in [5, 5.41) is 0. The van der Waals surface area contributed by atoms with Crippen molar-refractivity contribution in [2.24, 2.45) is 0 Å². The average Bonchev–Trinajstić information content (AvgIpc) is 2.90. The molecule has 2 aromatic carbocycles. The van der Waals surface area contributed by atoms with Crippen LogP contribution in [-0.2, 0) is 49.9 Å². The molecule has 0 aromatic heterocycles. The number of hydrogen-bond acceptors (Lipinski definition) is 0. The predicted octanol–water partition coefficient (Wildman–Crippen LogP) is 1.54. The predicted molar refractivity (Wildman–Crippen MR) is 132 cm³/mol. The van der Waals surface area contributed by atoms with Crippen molar-refractivity contribution in [2.75, 3.05) is 0 Å². The largest absolute Gasteiger partial charge is 3.00 e. The molecule has 0 heterocycles. The first-order valence-corrected chi connectivity index (χ1v) is 14.0. The minimum absolute atomic E-state index is 0. The van der Waals surface area contributed by atoms with Gasteiger partial charge in [0.1, 0.15) is 0 Å². The molecular weight excluding hydrogens is 529 g/mol. The Morgan fingerprint density at radius 2 is 1.38 bits per heavy atom. The number of rotatable bonds is 4. The Labute approximate surface area is 230 Å². The van der Waals surface area contributed by atoms with E-state index in [-0.39, 0.29) is 67.4 Å². The molecule has 0 unspecified atom stereocenters. The van der Waals surface area contributed by atoms with Crippen LogP contribution >= 0.6 is 0 Å². The summed E-state index contributed by atoms with van der Waals surface area (Å²) in [6, 6.07) is 11.9. The van der Waals surface area contributed by atoms with Crippen molar-refractivity contribution < 1.29 is 51.0 Å². The van der Waals surface area contributed by atoms with Gasteiger partial charge in [0.15, 0.2) is 0 Å². The maximum Gasteiger partial charge on any atom is 3.00 e. The molecule has 0 amide bonds. The van der Waals surface area contributed by atoms with E-state index in [9.17, 15) is 0 Å². The van der Waals surface area contributed by atoms with Gasteiger partial charge in [0, 0.05) is 0 Å². The van der Waals surface area contributed by atoms with Crippen molar-refractivity contribution in [3.63, 3.8) is 0 Å². The Kier molecular flexibility index (Phi) is 11.2. The van der Waals surface area contributed by atoms with Gasteiger partial charge in [-0.25, -0.2) is 0 Å². The van der Waals surface area contributed by atoms with E-state index in [1.54, 1.807) is 11.1 Å². The summed E-state index contributed by atoms with van der Waals surface area (Å²) in [5.41, 5.74) is 10.7. The van der Waals surface area contributed by atoms with Crippen LogP contribution in [0.4, 0.5) is 0 Å². The van der Waals surface area contributed by atoms with Crippen molar-refractivity contribution in [1.29, 1.82) is 0 Å². The normalized spacial score (nSPS) is 13.0. The number of fused-ring (bicyclic) bond motifs is 3. The first kappa shape index (κ1) is 32.1. The zero-order chi connectivity index (χ0) is 21.8. The molecule has 175 valence electrons. The molecule has 1 radical (unpaired) electrons. The molecule has 0 spiro atoms. The van der Waals surface area contributed by atoms with Gasteiger partial charge in [-0.05, 0) is 62.6 Å². The summed E-state index contributed by atoms with van der Waals surface area (Å²) in [6.07, 6.45) is 2.09. The quantitative estimate of drug-likeness (QED) is 0.424.